The van der Waals surface area contributed by atoms with E-state index in [1.54, 1.807) is 0 Å². The van der Waals surface area contributed by atoms with E-state index in [9.17, 15) is 4.79 Å². The maximum atomic E-state index is 12.2. The van der Waals surface area contributed by atoms with Crippen LogP contribution in [-0.4, -0.2) is 26.3 Å². The molecule has 3 rings (SSSR count). The summed E-state index contributed by atoms with van der Waals surface area (Å²) in [6.45, 7) is 1.88. The Morgan fingerprint density at radius 2 is 1.78 bits per heavy atom. The van der Waals surface area contributed by atoms with Crippen LogP contribution in [-0.2, 0) is 0 Å². The molecule has 0 amide bonds. The van der Waals surface area contributed by atoms with Crippen LogP contribution >= 0.6 is 23.4 Å². The molecule has 6 heteroatoms. The molecule has 0 unspecified atom stereocenters. The predicted octanol–water partition coefficient (Wildman–Crippen LogP) is 4.20. The Hall–Kier alpha value is -2.11. The number of rotatable bonds is 5. The van der Waals surface area contributed by atoms with E-state index in [2.05, 4.69) is 10.2 Å². The first kappa shape index (κ1) is 15.8. The molecule has 3 aromatic rings. The smallest absolute Gasteiger partial charge is 0.196 e. The second-order valence-electron chi connectivity index (χ2n) is 4.92. The number of benzene rings is 2. The van der Waals surface area contributed by atoms with Gasteiger partial charge in [0.15, 0.2) is 10.9 Å². The monoisotopic (exact) mass is 343 g/mol. The van der Waals surface area contributed by atoms with Gasteiger partial charge in [-0.15, -0.1) is 10.2 Å². The highest BCUT2D eigenvalue weighted by Gasteiger charge is 2.14. The third kappa shape index (κ3) is 3.63. The fraction of sp³-hybridized carbons (Fsp3) is 0.118. The number of Topliss-reactive ketones (excluding diaryl/α,β-unsaturated/α-hetero) is 1. The zero-order valence-corrected chi connectivity index (χ0v) is 14.0. The number of carbonyl (C=O) groups excluding carboxylic acids is 1. The van der Waals surface area contributed by atoms with Gasteiger partial charge in [-0.3, -0.25) is 9.36 Å². The van der Waals surface area contributed by atoms with Crippen LogP contribution in [0.15, 0.2) is 59.8 Å². The second-order valence-corrected chi connectivity index (χ2v) is 6.30. The fourth-order valence-corrected chi connectivity index (χ4v) is 3.18. The van der Waals surface area contributed by atoms with Crippen LogP contribution in [0.5, 0.6) is 0 Å². The van der Waals surface area contributed by atoms with Crippen molar-refractivity contribution in [3.63, 3.8) is 0 Å². The lowest BCUT2D eigenvalue weighted by atomic mass is 10.2. The summed E-state index contributed by atoms with van der Waals surface area (Å²) in [6, 6.07) is 16.7. The van der Waals surface area contributed by atoms with Crippen LogP contribution < -0.4 is 0 Å². The van der Waals surface area contributed by atoms with Crippen LogP contribution in [0.25, 0.3) is 5.69 Å². The van der Waals surface area contributed by atoms with Gasteiger partial charge < -0.3 is 0 Å². The number of aromatic nitrogens is 3. The highest BCUT2D eigenvalue weighted by Crippen LogP contribution is 2.23. The molecule has 2 aromatic carbocycles. The largest absolute Gasteiger partial charge is 0.293 e. The molecular weight excluding hydrogens is 330 g/mol. The van der Waals surface area contributed by atoms with E-state index in [1.165, 1.54) is 11.8 Å². The molecule has 0 aliphatic carbocycles. The van der Waals surface area contributed by atoms with Crippen molar-refractivity contribution in [1.82, 2.24) is 14.8 Å². The summed E-state index contributed by atoms with van der Waals surface area (Å²) in [7, 11) is 0. The topological polar surface area (TPSA) is 47.8 Å². The van der Waals surface area contributed by atoms with Gasteiger partial charge in [0, 0.05) is 16.3 Å². The molecule has 0 N–H and O–H groups in total. The Balaban J connectivity index is 1.79. The summed E-state index contributed by atoms with van der Waals surface area (Å²) >= 11 is 7.31. The third-order valence-corrected chi connectivity index (χ3v) is 4.49. The van der Waals surface area contributed by atoms with Gasteiger partial charge in [0.05, 0.1) is 5.75 Å². The molecule has 0 saturated heterocycles. The Labute approximate surface area is 143 Å². The highest BCUT2D eigenvalue weighted by atomic mass is 35.5. The Morgan fingerprint density at radius 1 is 1.09 bits per heavy atom. The lowest BCUT2D eigenvalue weighted by Gasteiger charge is -2.08. The Bertz CT molecular complexity index is 816. The molecule has 23 heavy (non-hydrogen) atoms. The van der Waals surface area contributed by atoms with E-state index in [0.29, 0.717) is 21.5 Å². The predicted molar refractivity (Wildman–Crippen MR) is 92.6 cm³/mol. The molecule has 1 aromatic heterocycles. The zero-order valence-electron chi connectivity index (χ0n) is 12.4. The first-order valence-electron chi connectivity index (χ1n) is 7.04. The van der Waals surface area contributed by atoms with Gasteiger partial charge in [0.1, 0.15) is 5.82 Å². The summed E-state index contributed by atoms with van der Waals surface area (Å²) in [5.41, 5.74) is 1.63. The molecule has 0 bridgehead atoms. The quantitative estimate of drug-likeness (QED) is 0.514. The minimum atomic E-state index is 0.0684. The van der Waals surface area contributed by atoms with Gasteiger partial charge in [-0.2, -0.15) is 0 Å². The molecule has 0 fully saturated rings. The van der Waals surface area contributed by atoms with Gasteiger partial charge in [-0.05, 0) is 31.2 Å². The van der Waals surface area contributed by atoms with Crippen molar-refractivity contribution < 1.29 is 4.79 Å². The molecule has 0 saturated carbocycles. The van der Waals surface area contributed by atoms with E-state index in [1.807, 2.05) is 66.1 Å². The molecule has 0 radical (unpaired) electrons. The number of carbonyl (C=O) groups is 1. The fourth-order valence-electron chi connectivity index (χ4n) is 2.16. The maximum absolute atomic E-state index is 12.2. The number of ketones is 1. The lowest BCUT2D eigenvalue weighted by molar-refractivity contribution is 0.102. The first-order valence-corrected chi connectivity index (χ1v) is 8.40. The van der Waals surface area contributed by atoms with Crippen LogP contribution in [0.3, 0.4) is 0 Å². The molecule has 0 aliphatic rings. The van der Waals surface area contributed by atoms with Gasteiger partial charge in [0.2, 0.25) is 0 Å². The van der Waals surface area contributed by atoms with Crippen LogP contribution in [0.2, 0.25) is 5.02 Å². The van der Waals surface area contributed by atoms with Crippen molar-refractivity contribution in [1.29, 1.82) is 0 Å². The molecule has 0 spiro atoms. The van der Waals surface area contributed by atoms with E-state index >= 15 is 0 Å². The Morgan fingerprint density at radius 3 is 2.48 bits per heavy atom. The lowest BCUT2D eigenvalue weighted by Crippen LogP contribution is -2.04. The third-order valence-electron chi connectivity index (χ3n) is 3.31. The maximum Gasteiger partial charge on any atom is 0.196 e. The Kier molecular flexibility index (Phi) is 4.79. The standard InChI is InChI=1S/C17H14ClN3OS/c1-12-19-20-17(21(12)15-9-7-14(18)8-10-15)23-11-16(22)13-5-3-2-4-6-13/h2-10H,11H2,1H3. The molecule has 0 aliphatic heterocycles. The number of hydrogen-bond donors (Lipinski definition) is 0. The van der Waals surface area contributed by atoms with E-state index in [4.69, 9.17) is 11.6 Å². The molecule has 1 heterocycles. The van der Waals surface area contributed by atoms with Crippen molar-refractivity contribution in [2.24, 2.45) is 0 Å². The van der Waals surface area contributed by atoms with E-state index in [0.717, 1.165) is 11.5 Å². The first-order chi connectivity index (χ1) is 11.1. The summed E-state index contributed by atoms with van der Waals surface area (Å²) in [6.07, 6.45) is 0. The highest BCUT2D eigenvalue weighted by molar-refractivity contribution is 7.99. The summed E-state index contributed by atoms with van der Waals surface area (Å²) in [5.74, 6) is 1.15. The number of halogens is 1. The van der Waals surface area contributed by atoms with Crippen LogP contribution in [0, 0.1) is 6.92 Å². The number of nitrogens with zero attached hydrogens (tertiary/aromatic N) is 3. The van der Waals surface area contributed by atoms with Crippen molar-refractivity contribution in [2.75, 3.05) is 5.75 Å². The van der Waals surface area contributed by atoms with Crippen molar-refractivity contribution in [3.8, 4) is 5.69 Å². The average Bonchev–Trinajstić information content (AvgIpc) is 2.95. The number of hydrogen-bond acceptors (Lipinski definition) is 4. The molecule has 4 nitrogen and oxygen atoms in total. The number of thioether (sulfide) groups is 1. The van der Waals surface area contributed by atoms with Gasteiger partial charge in [-0.1, -0.05) is 53.7 Å². The van der Waals surface area contributed by atoms with Crippen molar-refractivity contribution in [3.05, 3.63) is 71.0 Å². The number of aryl methyl sites for hydroxylation is 1. The summed E-state index contributed by atoms with van der Waals surface area (Å²) in [5, 5.41) is 9.65. The average molecular weight is 344 g/mol. The van der Waals surface area contributed by atoms with Crippen molar-refractivity contribution >= 4 is 29.1 Å². The summed E-state index contributed by atoms with van der Waals surface area (Å²) < 4.78 is 1.92. The van der Waals surface area contributed by atoms with Gasteiger partial charge in [-0.25, -0.2) is 0 Å². The molecule has 116 valence electrons. The van der Waals surface area contributed by atoms with E-state index < -0.39 is 0 Å². The van der Waals surface area contributed by atoms with Crippen molar-refractivity contribution in [2.45, 2.75) is 12.1 Å². The normalized spacial score (nSPS) is 10.7. The molecular formula is C17H14ClN3OS. The molecule has 0 atom stereocenters. The van der Waals surface area contributed by atoms with Gasteiger partial charge in [0.25, 0.3) is 0 Å². The second kappa shape index (κ2) is 6.98. The van der Waals surface area contributed by atoms with Crippen LogP contribution in [0.1, 0.15) is 16.2 Å². The van der Waals surface area contributed by atoms with E-state index in [-0.39, 0.29) is 5.78 Å². The SMILES string of the molecule is Cc1nnc(SCC(=O)c2ccccc2)n1-c1ccc(Cl)cc1. The minimum Gasteiger partial charge on any atom is -0.293 e. The van der Waals surface area contributed by atoms with Gasteiger partial charge >= 0.3 is 0 Å². The van der Waals surface area contributed by atoms with Crippen LogP contribution in [0.4, 0.5) is 0 Å². The summed E-state index contributed by atoms with van der Waals surface area (Å²) in [4.78, 5) is 12.2. The minimum absolute atomic E-state index is 0.0684. The zero-order chi connectivity index (χ0) is 16.2.